The van der Waals surface area contributed by atoms with Gasteiger partial charge in [0.1, 0.15) is 11.6 Å². The Bertz CT molecular complexity index is 1300. The standard InChI is InChI=1S/C24H23N5O4/c1-13-4-7-16(8-5-13)29-24-21(14(2)28-29)22(17(11-25)23(27)33-24)15-6-9-18(19(10-15)31-3)32-12-20(26)30/h4-10,22H,12,27H2,1-3H3,(H2,26,30). The molecule has 1 aromatic heterocycles. The lowest BCUT2D eigenvalue weighted by atomic mass is 9.84. The number of fused-ring (bicyclic) bond motifs is 1. The second kappa shape index (κ2) is 8.59. The monoisotopic (exact) mass is 445 g/mol. The maximum atomic E-state index is 11.1. The first kappa shape index (κ1) is 21.8. The summed E-state index contributed by atoms with van der Waals surface area (Å²) in [4.78, 5) is 11.1. The molecule has 3 aromatic rings. The number of nitrogens with zero attached hydrogens (tertiary/aromatic N) is 3. The molecule has 0 fully saturated rings. The fraction of sp³-hybridized carbons (Fsp3) is 0.208. The SMILES string of the molecule is COc1cc(C2C(C#N)=C(N)Oc3c2c(C)nn3-c2ccc(C)cc2)ccc1OCC(N)=O. The number of amides is 1. The third-order valence-electron chi connectivity index (χ3n) is 5.40. The number of carbonyl (C=O) groups is 1. The zero-order valence-corrected chi connectivity index (χ0v) is 18.5. The topological polar surface area (TPSA) is 138 Å². The van der Waals surface area contributed by atoms with E-state index < -0.39 is 11.8 Å². The van der Waals surface area contributed by atoms with Gasteiger partial charge in [0, 0.05) is 0 Å². The molecule has 9 nitrogen and oxygen atoms in total. The third-order valence-corrected chi connectivity index (χ3v) is 5.40. The van der Waals surface area contributed by atoms with Gasteiger partial charge in [0.2, 0.25) is 11.8 Å². The van der Waals surface area contributed by atoms with Gasteiger partial charge in [0.05, 0.1) is 30.0 Å². The quantitative estimate of drug-likeness (QED) is 0.594. The average Bonchev–Trinajstić information content (AvgIpc) is 3.12. The van der Waals surface area contributed by atoms with Crippen LogP contribution in [0.3, 0.4) is 0 Å². The summed E-state index contributed by atoms with van der Waals surface area (Å²) in [7, 11) is 1.49. The Kier molecular flexibility index (Phi) is 5.67. The van der Waals surface area contributed by atoms with Gasteiger partial charge >= 0.3 is 0 Å². The highest BCUT2D eigenvalue weighted by atomic mass is 16.5. The summed E-state index contributed by atoms with van der Waals surface area (Å²) in [5.41, 5.74) is 15.7. The van der Waals surface area contributed by atoms with Crippen LogP contribution in [0, 0.1) is 25.2 Å². The molecule has 9 heteroatoms. The lowest BCUT2D eigenvalue weighted by Crippen LogP contribution is -2.22. The van der Waals surface area contributed by atoms with Crippen LogP contribution in [0.25, 0.3) is 5.69 Å². The van der Waals surface area contributed by atoms with Crippen LogP contribution in [0.5, 0.6) is 17.4 Å². The summed E-state index contributed by atoms with van der Waals surface area (Å²) < 4.78 is 18.5. The van der Waals surface area contributed by atoms with Crippen molar-refractivity contribution in [3.8, 4) is 29.1 Å². The zero-order chi connectivity index (χ0) is 23.7. The number of allylic oxidation sites excluding steroid dienone is 1. The number of carbonyl (C=O) groups excluding carboxylic acids is 1. The van der Waals surface area contributed by atoms with E-state index in [1.165, 1.54) is 7.11 Å². The predicted molar refractivity (Wildman–Crippen MR) is 120 cm³/mol. The molecule has 4 N–H and O–H groups in total. The number of hydrogen-bond acceptors (Lipinski definition) is 7. The zero-order valence-electron chi connectivity index (χ0n) is 18.5. The number of primary amides is 1. The van der Waals surface area contributed by atoms with Crippen LogP contribution in [-0.2, 0) is 4.79 Å². The van der Waals surface area contributed by atoms with E-state index in [9.17, 15) is 10.1 Å². The van der Waals surface area contributed by atoms with Gasteiger partial charge < -0.3 is 25.7 Å². The molecule has 0 aliphatic carbocycles. The van der Waals surface area contributed by atoms with Crippen molar-refractivity contribution in [1.29, 1.82) is 5.26 Å². The van der Waals surface area contributed by atoms with Crippen molar-refractivity contribution >= 4 is 5.91 Å². The first-order valence-electron chi connectivity index (χ1n) is 10.2. The summed E-state index contributed by atoms with van der Waals surface area (Å²) in [6.45, 7) is 3.58. The van der Waals surface area contributed by atoms with Crippen LogP contribution >= 0.6 is 0 Å². The van der Waals surface area contributed by atoms with Crippen LogP contribution in [0.1, 0.15) is 28.3 Å². The van der Waals surface area contributed by atoms with Crippen LogP contribution in [0.4, 0.5) is 0 Å². The summed E-state index contributed by atoms with van der Waals surface area (Å²) in [5.74, 6) is 0.0760. The van der Waals surface area contributed by atoms with E-state index in [0.29, 0.717) is 23.1 Å². The number of aryl methyl sites for hydroxylation is 2. The lowest BCUT2D eigenvalue weighted by Gasteiger charge is -2.25. The van der Waals surface area contributed by atoms with Crippen LogP contribution < -0.4 is 25.7 Å². The van der Waals surface area contributed by atoms with Crippen molar-refractivity contribution in [1.82, 2.24) is 9.78 Å². The van der Waals surface area contributed by atoms with Crippen LogP contribution in [0.2, 0.25) is 0 Å². The number of nitrogens with two attached hydrogens (primary N) is 2. The second-order valence-electron chi connectivity index (χ2n) is 7.64. The first-order chi connectivity index (χ1) is 15.8. The van der Waals surface area contributed by atoms with Gasteiger partial charge in [-0.3, -0.25) is 4.79 Å². The second-order valence-corrected chi connectivity index (χ2v) is 7.64. The van der Waals surface area contributed by atoms with Gasteiger partial charge in [-0.2, -0.15) is 10.4 Å². The van der Waals surface area contributed by atoms with Crippen molar-refractivity contribution in [2.45, 2.75) is 19.8 Å². The highest BCUT2D eigenvalue weighted by Crippen LogP contribution is 2.46. The predicted octanol–water partition coefficient (Wildman–Crippen LogP) is 2.58. The minimum absolute atomic E-state index is 0.0104. The molecule has 0 spiro atoms. The van der Waals surface area contributed by atoms with E-state index in [1.807, 2.05) is 38.1 Å². The molecular weight excluding hydrogens is 422 g/mol. The Balaban J connectivity index is 1.85. The number of methoxy groups -OCH3 is 1. The molecule has 1 unspecified atom stereocenters. The Morgan fingerprint density at radius 3 is 2.58 bits per heavy atom. The smallest absolute Gasteiger partial charge is 0.255 e. The lowest BCUT2D eigenvalue weighted by molar-refractivity contribution is -0.119. The maximum Gasteiger partial charge on any atom is 0.255 e. The van der Waals surface area contributed by atoms with Gasteiger partial charge in [-0.1, -0.05) is 23.8 Å². The van der Waals surface area contributed by atoms with E-state index in [-0.39, 0.29) is 18.1 Å². The van der Waals surface area contributed by atoms with E-state index >= 15 is 0 Å². The number of hydrogen-bond donors (Lipinski definition) is 2. The fourth-order valence-corrected chi connectivity index (χ4v) is 3.84. The van der Waals surface area contributed by atoms with Crippen molar-refractivity contribution in [2.24, 2.45) is 11.5 Å². The van der Waals surface area contributed by atoms with Crippen molar-refractivity contribution < 1.29 is 19.0 Å². The Labute approximate surface area is 190 Å². The molecule has 4 rings (SSSR count). The highest BCUT2D eigenvalue weighted by molar-refractivity contribution is 5.75. The molecule has 1 amide bonds. The molecule has 1 aliphatic rings. The highest BCUT2D eigenvalue weighted by Gasteiger charge is 2.36. The summed E-state index contributed by atoms with van der Waals surface area (Å²) in [6.07, 6.45) is 0. The molecule has 0 radical (unpaired) electrons. The molecule has 2 aromatic carbocycles. The number of ether oxygens (including phenoxy) is 3. The van der Waals surface area contributed by atoms with E-state index in [1.54, 1.807) is 22.9 Å². The number of nitriles is 1. The largest absolute Gasteiger partial charge is 0.493 e. The van der Waals surface area contributed by atoms with E-state index in [2.05, 4.69) is 11.2 Å². The third kappa shape index (κ3) is 3.94. The molecule has 0 bridgehead atoms. The number of aromatic nitrogens is 2. The minimum atomic E-state index is -0.600. The fourth-order valence-electron chi connectivity index (χ4n) is 3.84. The number of benzene rings is 2. The van der Waals surface area contributed by atoms with Gasteiger partial charge in [-0.25, -0.2) is 4.68 Å². The Morgan fingerprint density at radius 1 is 1.21 bits per heavy atom. The molecule has 1 atom stereocenters. The van der Waals surface area contributed by atoms with E-state index in [4.69, 9.17) is 25.7 Å². The number of rotatable bonds is 6. The van der Waals surface area contributed by atoms with Gasteiger partial charge in [0.25, 0.3) is 5.91 Å². The molecule has 0 saturated carbocycles. The molecule has 168 valence electrons. The summed E-state index contributed by atoms with van der Waals surface area (Å²) >= 11 is 0. The van der Waals surface area contributed by atoms with Crippen LogP contribution in [0.15, 0.2) is 53.9 Å². The molecule has 1 aliphatic heterocycles. The van der Waals surface area contributed by atoms with E-state index in [0.717, 1.165) is 22.4 Å². The van der Waals surface area contributed by atoms with Crippen molar-refractivity contribution in [3.05, 3.63) is 76.3 Å². The van der Waals surface area contributed by atoms with Gasteiger partial charge in [-0.05, 0) is 43.7 Å². The molecular formula is C24H23N5O4. The van der Waals surface area contributed by atoms with Crippen molar-refractivity contribution in [3.63, 3.8) is 0 Å². The molecule has 33 heavy (non-hydrogen) atoms. The van der Waals surface area contributed by atoms with Crippen LogP contribution in [-0.4, -0.2) is 29.4 Å². The van der Waals surface area contributed by atoms with Gasteiger partial charge in [-0.15, -0.1) is 0 Å². The Hall–Kier alpha value is -4.45. The van der Waals surface area contributed by atoms with Crippen molar-refractivity contribution in [2.75, 3.05) is 13.7 Å². The summed E-state index contributed by atoms with van der Waals surface area (Å²) in [5, 5.41) is 14.6. The normalized spacial score (nSPS) is 14.8. The van der Waals surface area contributed by atoms with Gasteiger partial charge in [0.15, 0.2) is 18.1 Å². The Morgan fingerprint density at radius 2 is 1.94 bits per heavy atom. The maximum absolute atomic E-state index is 11.1. The first-order valence-corrected chi connectivity index (χ1v) is 10.2. The molecule has 2 heterocycles. The summed E-state index contributed by atoms with van der Waals surface area (Å²) in [6, 6.07) is 15.2. The molecule has 0 saturated heterocycles. The minimum Gasteiger partial charge on any atom is -0.493 e. The average molecular weight is 445 g/mol.